The molecular weight excluding hydrogens is 396 g/mol. The minimum atomic E-state index is -3.75. The highest BCUT2D eigenvalue weighted by atomic mass is 32.2. The van der Waals surface area contributed by atoms with Gasteiger partial charge >= 0.3 is 5.97 Å². The highest BCUT2D eigenvalue weighted by Gasteiger charge is 2.28. The number of nitrogens with one attached hydrogen (secondary N) is 1. The number of sulfonamides is 1. The van der Waals surface area contributed by atoms with E-state index in [0.29, 0.717) is 25.8 Å². The van der Waals surface area contributed by atoms with Crippen LogP contribution in [0.25, 0.3) is 10.9 Å². The average Bonchev–Trinajstić information content (AvgIpc) is 2.99. The lowest BCUT2D eigenvalue weighted by atomic mass is 9.92. The lowest BCUT2D eigenvalue weighted by Gasteiger charge is -2.25. The number of nitrogens with zero attached hydrogens (tertiary/aromatic N) is 1. The van der Waals surface area contributed by atoms with E-state index in [4.69, 9.17) is 5.11 Å². The van der Waals surface area contributed by atoms with E-state index in [0.717, 1.165) is 34.3 Å². The minimum Gasteiger partial charge on any atom is -0.481 e. The van der Waals surface area contributed by atoms with Crippen molar-refractivity contribution in [3.63, 3.8) is 0 Å². The number of rotatable bonds is 6. The standard InChI is InChI=1S/C21H21FN2O4S/c22-14-5-8-16(9-6-14)29(27,28)23-15-7-10-20-18(13-15)17-3-1-2-4-19(17)24(20)12-11-21(25)26/h1-6,8-9,15,23H,7,10-13H2,(H,25,26)/t15-/m1/s1/i21+1. The quantitative estimate of drug-likeness (QED) is 0.604. The molecule has 0 bridgehead atoms. The monoisotopic (exact) mass is 417 g/mol. The highest BCUT2D eigenvalue weighted by molar-refractivity contribution is 7.89. The molecule has 1 heterocycles. The zero-order valence-electron chi connectivity index (χ0n) is 15.6. The van der Waals surface area contributed by atoms with Crippen LogP contribution in [-0.4, -0.2) is 30.1 Å². The normalized spacial score (nSPS) is 16.7. The molecule has 8 heteroatoms. The largest absolute Gasteiger partial charge is 0.481 e. The third-order valence-corrected chi connectivity index (χ3v) is 6.91. The number of aryl methyl sites for hydroxylation is 1. The van der Waals surface area contributed by atoms with Crippen molar-refractivity contribution >= 4 is 26.9 Å². The Morgan fingerprint density at radius 3 is 2.62 bits per heavy atom. The fourth-order valence-electron chi connectivity index (χ4n) is 4.07. The summed E-state index contributed by atoms with van der Waals surface area (Å²) in [5.41, 5.74) is 3.11. The smallest absolute Gasteiger partial charge is 0.305 e. The van der Waals surface area contributed by atoms with Gasteiger partial charge in [0.05, 0.1) is 11.3 Å². The number of halogens is 1. The molecule has 4 rings (SSSR count). The Labute approximate surface area is 168 Å². The van der Waals surface area contributed by atoms with Gasteiger partial charge in [-0.1, -0.05) is 18.2 Å². The van der Waals surface area contributed by atoms with Crippen LogP contribution in [0.4, 0.5) is 4.39 Å². The number of fused-ring (bicyclic) bond motifs is 3. The van der Waals surface area contributed by atoms with E-state index in [1.165, 1.54) is 12.1 Å². The first kappa shape index (κ1) is 19.6. The first-order chi connectivity index (χ1) is 13.8. The summed E-state index contributed by atoms with van der Waals surface area (Å²) < 4.78 is 43.2. The number of benzene rings is 2. The van der Waals surface area contributed by atoms with E-state index in [9.17, 15) is 17.6 Å². The summed E-state index contributed by atoms with van der Waals surface area (Å²) in [5, 5.41) is 10.1. The third-order valence-electron chi connectivity index (χ3n) is 5.37. The molecule has 1 aliphatic carbocycles. The van der Waals surface area contributed by atoms with Gasteiger partial charge in [-0.25, -0.2) is 17.5 Å². The molecule has 2 N–H and O–H groups in total. The van der Waals surface area contributed by atoms with Gasteiger partial charge in [0.2, 0.25) is 10.0 Å². The Balaban J connectivity index is 1.62. The maximum atomic E-state index is 13.1. The molecule has 1 aliphatic rings. The molecular formula is C21H21FN2O4S. The number of carboxylic acid groups (broad SMARTS) is 1. The van der Waals surface area contributed by atoms with Crippen LogP contribution in [0.15, 0.2) is 53.4 Å². The lowest BCUT2D eigenvalue weighted by molar-refractivity contribution is -0.137. The zero-order valence-corrected chi connectivity index (χ0v) is 16.5. The Kier molecular flexibility index (Phi) is 5.14. The summed E-state index contributed by atoms with van der Waals surface area (Å²) in [4.78, 5) is 11.1. The van der Waals surface area contributed by atoms with Crippen molar-refractivity contribution in [2.45, 2.75) is 43.2 Å². The van der Waals surface area contributed by atoms with Gasteiger partial charge in [0.15, 0.2) is 0 Å². The van der Waals surface area contributed by atoms with Crippen molar-refractivity contribution in [2.75, 3.05) is 0 Å². The first-order valence-electron chi connectivity index (χ1n) is 9.44. The van der Waals surface area contributed by atoms with E-state index in [-0.39, 0.29) is 17.4 Å². The predicted octanol–water partition coefficient (Wildman–Crippen LogP) is 3.09. The molecule has 0 radical (unpaired) electrons. The number of aromatic nitrogens is 1. The van der Waals surface area contributed by atoms with Gasteiger partial charge in [0.25, 0.3) is 0 Å². The SMILES string of the molecule is O=[13C](O)CCn1c2c(c3ccccc31)C[C@H](NS(=O)(=O)c1ccc(F)cc1)CC2. The van der Waals surface area contributed by atoms with Gasteiger partial charge in [-0.15, -0.1) is 0 Å². The first-order valence-corrected chi connectivity index (χ1v) is 10.9. The van der Waals surface area contributed by atoms with E-state index >= 15 is 0 Å². The van der Waals surface area contributed by atoms with E-state index in [1.54, 1.807) is 0 Å². The van der Waals surface area contributed by atoms with Gasteiger partial charge < -0.3 is 9.67 Å². The molecule has 1 aromatic heterocycles. The molecule has 3 aromatic rings. The molecule has 0 fully saturated rings. The van der Waals surface area contributed by atoms with Crippen LogP contribution in [0, 0.1) is 5.82 Å². The number of carbonyl (C=O) groups is 1. The fraction of sp³-hybridized carbons (Fsp3) is 0.286. The highest BCUT2D eigenvalue weighted by Crippen LogP contribution is 2.33. The van der Waals surface area contributed by atoms with Crippen molar-refractivity contribution < 1.29 is 22.7 Å². The number of aliphatic carboxylic acids is 1. The molecule has 0 amide bonds. The molecule has 0 aliphatic heterocycles. The molecule has 0 spiro atoms. The van der Waals surface area contributed by atoms with Crippen LogP contribution in [0.5, 0.6) is 0 Å². The van der Waals surface area contributed by atoms with Crippen LogP contribution in [0.1, 0.15) is 24.1 Å². The van der Waals surface area contributed by atoms with Crippen molar-refractivity contribution in [3.05, 3.63) is 65.6 Å². The Morgan fingerprint density at radius 1 is 1.17 bits per heavy atom. The second-order valence-corrected chi connectivity index (χ2v) is 8.97. The molecule has 0 saturated heterocycles. The van der Waals surface area contributed by atoms with Gasteiger partial charge in [-0.2, -0.15) is 0 Å². The van der Waals surface area contributed by atoms with Crippen LogP contribution in [0.3, 0.4) is 0 Å². The number of hydrogen-bond donors (Lipinski definition) is 2. The van der Waals surface area contributed by atoms with E-state index in [1.807, 2.05) is 28.8 Å². The van der Waals surface area contributed by atoms with Gasteiger partial charge in [-0.3, -0.25) is 4.79 Å². The van der Waals surface area contributed by atoms with Crippen molar-refractivity contribution in [1.82, 2.24) is 9.29 Å². The maximum Gasteiger partial charge on any atom is 0.305 e. The maximum absolute atomic E-state index is 13.1. The van der Waals surface area contributed by atoms with Crippen LogP contribution in [-0.2, 0) is 34.2 Å². The molecule has 2 aromatic carbocycles. The fourth-order valence-corrected chi connectivity index (χ4v) is 5.34. The topological polar surface area (TPSA) is 88.4 Å². The molecule has 0 saturated carbocycles. The summed E-state index contributed by atoms with van der Waals surface area (Å²) in [5.74, 6) is -1.34. The summed E-state index contributed by atoms with van der Waals surface area (Å²) >= 11 is 0. The van der Waals surface area contributed by atoms with Crippen molar-refractivity contribution in [2.24, 2.45) is 0 Å². The van der Waals surface area contributed by atoms with Crippen molar-refractivity contribution in [1.29, 1.82) is 0 Å². The Bertz CT molecular complexity index is 1170. The predicted molar refractivity (Wildman–Crippen MR) is 107 cm³/mol. The van der Waals surface area contributed by atoms with Crippen LogP contribution >= 0.6 is 0 Å². The number of carboxylic acids is 1. The van der Waals surface area contributed by atoms with Crippen LogP contribution in [0.2, 0.25) is 0 Å². The Morgan fingerprint density at radius 2 is 1.90 bits per heavy atom. The van der Waals surface area contributed by atoms with Crippen LogP contribution < -0.4 is 4.72 Å². The lowest BCUT2D eigenvalue weighted by Crippen LogP contribution is -2.39. The summed E-state index contributed by atoms with van der Waals surface area (Å²) in [6, 6.07) is 12.3. The summed E-state index contributed by atoms with van der Waals surface area (Å²) in [6.45, 7) is 0.386. The minimum absolute atomic E-state index is 0.0335. The van der Waals surface area contributed by atoms with E-state index < -0.39 is 21.8 Å². The second kappa shape index (κ2) is 7.61. The van der Waals surface area contributed by atoms with Gasteiger partial charge in [-0.05, 0) is 55.2 Å². The molecule has 0 unspecified atom stereocenters. The Hall–Kier alpha value is -2.71. The zero-order chi connectivity index (χ0) is 20.6. The molecule has 6 nitrogen and oxygen atoms in total. The number of para-hydroxylation sites is 1. The van der Waals surface area contributed by atoms with E-state index in [2.05, 4.69) is 4.72 Å². The molecule has 29 heavy (non-hydrogen) atoms. The van der Waals surface area contributed by atoms with Gasteiger partial charge in [0, 0.05) is 29.2 Å². The van der Waals surface area contributed by atoms with Crippen molar-refractivity contribution in [3.8, 4) is 0 Å². The summed E-state index contributed by atoms with van der Waals surface area (Å²) in [7, 11) is -3.75. The van der Waals surface area contributed by atoms with Gasteiger partial charge in [0.1, 0.15) is 5.82 Å². The third kappa shape index (κ3) is 3.90. The molecule has 152 valence electrons. The number of hydrogen-bond acceptors (Lipinski definition) is 3. The summed E-state index contributed by atoms with van der Waals surface area (Å²) in [6.07, 6.45) is 1.82. The average molecular weight is 417 g/mol. The second-order valence-electron chi connectivity index (χ2n) is 7.25. The molecule has 1 atom stereocenters.